The topological polar surface area (TPSA) is 25.4 Å². The second-order valence-electron chi connectivity index (χ2n) is 5.41. The Balaban J connectivity index is 1.71. The van der Waals surface area contributed by atoms with E-state index >= 15 is 0 Å². The molecule has 2 aromatic rings. The number of fused-ring (bicyclic) bond motifs is 1. The van der Waals surface area contributed by atoms with Gasteiger partial charge in [-0.25, -0.2) is 0 Å². The highest BCUT2D eigenvalue weighted by Gasteiger charge is 2.15. The van der Waals surface area contributed by atoms with E-state index in [0.29, 0.717) is 6.04 Å². The molecular formula is C17H20N2O. The van der Waals surface area contributed by atoms with E-state index in [9.17, 15) is 0 Å². The molecule has 0 bridgehead atoms. The van der Waals surface area contributed by atoms with Gasteiger partial charge >= 0.3 is 0 Å². The molecule has 104 valence electrons. The van der Waals surface area contributed by atoms with Crippen LogP contribution in [0, 0.1) is 0 Å². The summed E-state index contributed by atoms with van der Waals surface area (Å²) < 4.78 is 5.55. The molecular weight excluding hydrogens is 248 g/mol. The fourth-order valence-electron chi connectivity index (χ4n) is 2.66. The lowest BCUT2D eigenvalue weighted by atomic mass is 10.1. The molecule has 20 heavy (non-hydrogen) atoms. The summed E-state index contributed by atoms with van der Waals surface area (Å²) in [6, 6.07) is 11.1. The number of aromatic nitrogens is 1. The first kappa shape index (κ1) is 13.1. The Bertz CT molecular complexity index is 583. The number of hydrogen-bond acceptors (Lipinski definition) is 3. The molecule has 0 aliphatic carbocycles. The monoisotopic (exact) mass is 268 g/mol. The molecule has 0 fully saturated rings. The van der Waals surface area contributed by atoms with Gasteiger partial charge in [-0.15, -0.1) is 0 Å². The van der Waals surface area contributed by atoms with Crippen LogP contribution in [0.1, 0.15) is 29.7 Å². The van der Waals surface area contributed by atoms with Gasteiger partial charge in [0, 0.05) is 31.4 Å². The summed E-state index contributed by atoms with van der Waals surface area (Å²) in [6.45, 7) is 3.99. The second kappa shape index (κ2) is 5.63. The normalized spacial score (nSPS) is 14.9. The van der Waals surface area contributed by atoms with E-state index in [1.54, 1.807) is 0 Å². The zero-order valence-electron chi connectivity index (χ0n) is 12.0. The summed E-state index contributed by atoms with van der Waals surface area (Å²) in [6.07, 6.45) is 4.74. The quantitative estimate of drug-likeness (QED) is 0.851. The van der Waals surface area contributed by atoms with Crippen molar-refractivity contribution in [1.29, 1.82) is 0 Å². The van der Waals surface area contributed by atoms with Gasteiger partial charge in [0.1, 0.15) is 5.75 Å². The third kappa shape index (κ3) is 2.68. The predicted octanol–water partition coefficient (Wildman–Crippen LogP) is 3.21. The van der Waals surface area contributed by atoms with Crippen molar-refractivity contribution < 1.29 is 4.74 Å². The largest absolute Gasteiger partial charge is 0.493 e. The lowest BCUT2D eigenvalue weighted by Gasteiger charge is -2.25. The summed E-state index contributed by atoms with van der Waals surface area (Å²) in [5.41, 5.74) is 3.98. The lowest BCUT2D eigenvalue weighted by Crippen LogP contribution is -2.21. The first-order valence-electron chi connectivity index (χ1n) is 7.09. The van der Waals surface area contributed by atoms with Gasteiger partial charge in [-0.3, -0.25) is 9.88 Å². The number of nitrogens with zero attached hydrogens (tertiary/aromatic N) is 2. The molecule has 0 spiro atoms. The summed E-state index contributed by atoms with van der Waals surface area (Å²) in [5.74, 6) is 1.05. The summed E-state index contributed by atoms with van der Waals surface area (Å²) in [5, 5.41) is 0. The van der Waals surface area contributed by atoms with Crippen LogP contribution in [-0.4, -0.2) is 23.5 Å². The smallest absolute Gasteiger partial charge is 0.122 e. The van der Waals surface area contributed by atoms with Crippen LogP contribution in [0.4, 0.5) is 0 Å². The first-order chi connectivity index (χ1) is 9.74. The maximum atomic E-state index is 5.55. The number of ether oxygens (including phenoxy) is 1. The Kier molecular flexibility index (Phi) is 3.70. The molecule has 0 radical (unpaired) electrons. The van der Waals surface area contributed by atoms with E-state index in [4.69, 9.17) is 4.74 Å². The molecule has 3 nitrogen and oxygen atoms in total. The molecule has 0 saturated heterocycles. The molecule has 1 atom stereocenters. The molecule has 3 rings (SSSR count). The standard InChI is InChI=1S/C17H20N2O/c1-13(15-5-8-18-9-6-15)19(2)12-14-3-4-17-16(11-14)7-10-20-17/h3-6,8-9,11,13H,7,10,12H2,1-2H3. The van der Waals surface area contributed by atoms with Gasteiger partial charge in [0.15, 0.2) is 0 Å². The molecule has 1 aromatic carbocycles. The van der Waals surface area contributed by atoms with Crippen LogP contribution < -0.4 is 4.74 Å². The van der Waals surface area contributed by atoms with Crippen molar-refractivity contribution in [1.82, 2.24) is 9.88 Å². The SMILES string of the molecule is CC(c1ccncc1)N(C)Cc1ccc2c(c1)CCO2. The van der Waals surface area contributed by atoms with Gasteiger partial charge in [-0.05, 0) is 48.9 Å². The molecule has 1 aromatic heterocycles. The fourth-order valence-corrected chi connectivity index (χ4v) is 2.66. The maximum Gasteiger partial charge on any atom is 0.122 e. The molecule has 0 amide bonds. The van der Waals surface area contributed by atoms with Gasteiger partial charge in [0.05, 0.1) is 6.61 Å². The van der Waals surface area contributed by atoms with Crippen molar-refractivity contribution in [2.45, 2.75) is 25.9 Å². The second-order valence-corrected chi connectivity index (χ2v) is 5.41. The van der Waals surface area contributed by atoms with Gasteiger partial charge in [0.2, 0.25) is 0 Å². The minimum absolute atomic E-state index is 0.377. The highest BCUT2D eigenvalue weighted by molar-refractivity contribution is 5.39. The van der Waals surface area contributed by atoms with E-state index in [1.807, 2.05) is 12.4 Å². The van der Waals surface area contributed by atoms with Crippen molar-refractivity contribution in [2.24, 2.45) is 0 Å². The molecule has 0 saturated carbocycles. The Morgan fingerprint density at radius 2 is 2.05 bits per heavy atom. The maximum absolute atomic E-state index is 5.55. The van der Waals surface area contributed by atoms with Crippen LogP contribution in [0.2, 0.25) is 0 Å². The Hall–Kier alpha value is -1.87. The van der Waals surface area contributed by atoms with Gasteiger partial charge in [-0.2, -0.15) is 0 Å². The van der Waals surface area contributed by atoms with Crippen LogP contribution in [-0.2, 0) is 13.0 Å². The van der Waals surface area contributed by atoms with Crippen LogP contribution >= 0.6 is 0 Å². The number of benzene rings is 1. The third-order valence-corrected chi connectivity index (χ3v) is 4.04. The van der Waals surface area contributed by atoms with E-state index in [2.05, 4.69) is 54.2 Å². The molecule has 2 heterocycles. The van der Waals surface area contributed by atoms with Crippen molar-refractivity contribution in [3.05, 3.63) is 59.4 Å². The minimum atomic E-state index is 0.377. The highest BCUT2D eigenvalue weighted by Crippen LogP contribution is 2.27. The van der Waals surface area contributed by atoms with Crippen LogP contribution in [0.15, 0.2) is 42.7 Å². The van der Waals surface area contributed by atoms with Crippen molar-refractivity contribution in [3.8, 4) is 5.75 Å². The molecule has 1 aliphatic rings. The number of hydrogen-bond donors (Lipinski definition) is 0. The van der Waals surface area contributed by atoms with E-state index in [-0.39, 0.29) is 0 Å². The minimum Gasteiger partial charge on any atom is -0.493 e. The van der Waals surface area contributed by atoms with E-state index in [1.165, 1.54) is 16.7 Å². The predicted molar refractivity (Wildman–Crippen MR) is 79.8 cm³/mol. The van der Waals surface area contributed by atoms with Crippen LogP contribution in [0.5, 0.6) is 5.75 Å². The Labute approximate surface area is 120 Å². The van der Waals surface area contributed by atoms with Crippen molar-refractivity contribution in [2.75, 3.05) is 13.7 Å². The average molecular weight is 268 g/mol. The molecule has 1 unspecified atom stereocenters. The third-order valence-electron chi connectivity index (χ3n) is 4.04. The zero-order chi connectivity index (χ0) is 13.9. The molecule has 3 heteroatoms. The lowest BCUT2D eigenvalue weighted by molar-refractivity contribution is 0.253. The van der Waals surface area contributed by atoms with Crippen LogP contribution in [0.3, 0.4) is 0 Å². The summed E-state index contributed by atoms with van der Waals surface area (Å²) in [7, 11) is 2.16. The van der Waals surface area contributed by atoms with Gasteiger partial charge in [-0.1, -0.05) is 12.1 Å². The molecule has 0 N–H and O–H groups in total. The zero-order valence-corrected chi connectivity index (χ0v) is 12.0. The summed E-state index contributed by atoms with van der Waals surface area (Å²) in [4.78, 5) is 6.43. The Morgan fingerprint density at radius 1 is 1.25 bits per heavy atom. The number of rotatable bonds is 4. The van der Waals surface area contributed by atoms with E-state index < -0.39 is 0 Å². The first-order valence-corrected chi connectivity index (χ1v) is 7.09. The van der Waals surface area contributed by atoms with E-state index in [0.717, 1.165) is 25.3 Å². The van der Waals surface area contributed by atoms with Gasteiger partial charge < -0.3 is 4.74 Å². The fraction of sp³-hybridized carbons (Fsp3) is 0.353. The van der Waals surface area contributed by atoms with Gasteiger partial charge in [0.25, 0.3) is 0 Å². The average Bonchev–Trinajstić information content (AvgIpc) is 2.95. The van der Waals surface area contributed by atoms with Crippen molar-refractivity contribution >= 4 is 0 Å². The summed E-state index contributed by atoms with van der Waals surface area (Å²) >= 11 is 0. The van der Waals surface area contributed by atoms with Crippen molar-refractivity contribution in [3.63, 3.8) is 0 Å². The highest BCUT2D eigenvalue weighted by atomic mass is 16.5. The molecule has 1 aliphatic heterocycles. The van der Waals surface area contributed by atoms with Crippen LogP contribution in [0.25, 0.3) is 0 Å². The number of pyridine rings is 1. The Morgan fingerprint density at radius 3 is 2.85 bits per heavy atom.